The zero-order valence-corrected chi connectivity index (χ0v) is 12.5. The van der Waals surface area contributed by atoms with Gasteiger partial charge in [-0.05, 0) is 19.8 Å². The highest BCUT2D eigenvalue weighted by molar-refractivity contribution is 7.09. The van der Waals surface area contributed by atoms with Gasteiger partial charge in [0.2, 0.25) is 0 Å². The monoisotopic (exact) mass is 304 g/mol. The van der Waals surface area contributed by atoms with Crippen molar-refractivity contribution in [3.63, 3.8) is 0 Å². The summed E-state index contributed by atoms with van der Waals surface area (Å²) in [7, 11) is 0. The Morgan fingerprint density at radius 3 is 2.95 bits per heavy atom. The smallest absolute Gasteiger partial charge is 0.263 e. The zero-order valence-electron chi connectivity index (χ0n) is 11.7. The summed E-state index contributed by atoms with van der Waals surface area (Å²) in [6, 6.07) is 0. The van der Waals surface area contributed by atoms with Crippen molar-refractivity contribution in [1.82, 2.24) is 20.3 Å². The number of hydrogen-bond acceptors (Lipinski definition) is 5. The predicted octanol–water partition coefficient (Wildman–Crippen LogP) is 1.38. The van der Waals surface area contributed by atoms with Gasteiger partial charge in [-0.15, -0.1) is 11.3 Å². The van der Waals surface area contributed by atoms with Gasteiger partial charge < -0.3 is 10.3 Å². The molecule has 0 spiro atoms. The summed E-state index contributed by atoms with van der Waals surface area (Å²) in [5.74, 6) is 0.664. The first-order valence-corrected chi connectivity index (χ1v) is 7.80. The fraction of sp³-hybridized carbons (Fsp3) is 0.429. The molecule has 2 aromatic heterocycles. The maximum Gasteiger partial charge on any atom is 0.263 e. The number of aryl methyl sites for hydroxylation is 1. The molecule has 0 bridgehead atoms. The van der Waals surface area contributed by atoms with Crippen LogP contribution in [0.1, 0.15) is 45.6 Å². The van der Waals surface area contributed by atoms with E-state index in [1.807, 2.05) is 12.3 Å². The molecule has 1 aliphatic rings. The van der Waals surface area contributed by atoms with Crippen LogP contribution in [0.3, 0.4) is 0 Å². The second-order valence-electron chi connectivity index (χ2n) is 5.17. The topological polar surface area (TPSA) is 87.7 Å². The summed E-state index contributed by atoms with van der Waals surface area (Å²) in [6.45, 7) is 2.39. The van der Waals surface area contributed by atoms with Crippen LogP contribution in [-0.2, 0) is 6.42 Å². The summed E-state index contributed by atoms with van der Waals surface area (Å²) in [5.41, 5.74) is 0.682. The summed E-state index contributed by atoms with van der Waals surface area (Å²) in [4.78, 5) is 35.0. The molecule has 1 saturated carbocycles. The summed E-state index contributed by atoms with van der Waals surface area (Å²) < 4.78 is 0. The fourth-order valence-corrected chi connectivity index (χ4v) is 2.81. The van der Waals surface area contributed by atoms with Crippen molar-refractivity contribution >= 4 is 17.2 Å². The van der Waals surface area contributed by atoms with Crippen molar-refractivity contribution < 1.29 is 4.79 Å². The van der Waals surface area contributed by atoms with E-state index in [0.717, 1.165) is 23.5 Å². The van der Waals surface area contributed by atoms with E-state index in [9.17, 15) is 9.59 Å². The van der Waals surface area contributed by atoms with Crippen molar-refractivity contribution in [1.29, 1.82) is 0 Å². The van der Waals surface area contributed by atoms with Crippen LogP contribution in [0, 0.1) is 6.92 Å². The van der Waals surface area contributed by atoms with Gasteiger partial charge >= 0.3 is 0 Å². The third-order valence-corrected chi connectivity index (χ3v) is 4.35. The van der Waals surface area contributed by atoms with E-state index >= 15 is 0 Å². The molecule has 0 unspecified atom stereocenters. The van der Waals surface area contributed by atoms with E-state index in [-0.39, 0.29) is 17.0 Å². The maximum atomic E-state index is 12.0. The normalized spacial score (nSPS) is 14.1. The van der Waals surface area contributed by atoms with Gasteiger partial charge in [0.1, 0.15) is 11.4 Å². The SMILES string of the molecule is Cc1csc(CCNC(=O)c2cnc(C3CC3)[nH]c2=O)n1. The summed E-state index contributed by atoms with van der Waals surface area (Å²) >= 11 is 1.57. The lowest BCUT2D eigenvalue weighted by atomic mass is 10.3. The van der Waals surface area contributed by atoms with Crippen LogP contribution >= 0.6 is 11.3 Å². The number of thiazole rings is 1. The number of H-pyrrole nitrogens is 1. The molecule has 0 saturated heterocycles. The number of carbonyl (C=O) groups is 1. The van der Waals surface area contributed by atoms with E-state index in [1.54, 1.807) is 11.3 Å². The van der Waals surface area contributed by atoms with Crippen LogP contribution in [-0.4, -0.2) is 27.4 Å². The van der Waals surface area contributed by atoms with Crippen LogP contribution in [0.15, 0.2) is 16.4 Å². The highest BCUT2D eigenvalue weighted by Crippen LogP contribution is 2.37. The molecule has 21 heavy (non-hydrogen) atoms. The van der Waals surface area contributed by atoms with E-state index in [0.29, 0.717) is 24.7 Å². The largest absolute Gasteiger partial charge is 0.351 e. The Morgan fingerprint density at radius 1 is 1.52 bits per heavy atom. The van der Waals surface area contributed by atoms with Crippen LogP contribution < -0.4 is 10.9 Å². The molecule has 2 heterocycles. The lowest BCUT2D eigenvalue weighted by Gasteiger charge is -2.04. The molecule has 2 aromatic rings. The van der Waals surface area contributed by atoms with Gasteiger partial charge in [0.25, 0.3) is 11.5 Å². The third kappa shape index (κ3) is 3.36. The fourth-order valence-electron chi connectivity index (χ4n) is 2.03. The number of hydrogen-bond donors (Lipinski definition) is 2. The molecule has 110 valence electrons. The van der Waals surface area contributed by atoms with Crippen molar-refractivity contribution in [2.75, 3.05) is 6.54 Å². The Kier molecular flexibility index (Phi) is 3.83. The van der Waals surface area contributed by atoms with Gasteiger partial charge in [0, 0.05) is 36.2 Å². The van der Waals surface area contributed by atoms with E-state index in [2.05, 4.69) is 20.3 Å². The van der Waals surface area contributed by atoms with E-state index in [1.165, 1.54) is 6.20 Å². The van der Waals surface area contributed by atoms with Crippen LogP contribution in [0.4, 0.5) is 0 Å². The number of rotatable bonds is 5. The van der Waals surface area contributed by atoms with Crippen LogP contribution in [0.2, 0.25) is 0 Å². The van der Waals surface area contributed by atoms with Gasteiger partial charge in [-0.1, -0.05) is 0 Å². The first kappa shape index (κ1) is 13.9. The number of amides is 1. The minimum absolute atomic E-state index is 0.0646. The Hall–Kier alpha value is -2.02. The van der Waals surface area contributed by atoms with Crippen molar-refractivity contribution in [2.45, 2.75) is 32.1 Å². The van der Waals surface area contributed by atoms with Crippen molar-refractivity contribution in [3.8, 4) is 0 Å². The average Bonchev–Trinajstić information content (AvgIpc) is 3.22. The average molecular weight is 304 g/mol. The Labute approximate surface area is 125 Å². The van der Waals surface area contributed by atoms with Gasteiger partial charge in [-0.2, -0.15) is 0 Å². The number of nitrogens with zero attached hydrogens (tertiary/aromatic N) is 2. The van der Waals surface area contributed by atoms with Gasteiger partial charge in [0.15, 0.2) is 0 Å². The van der Waals surface area contributed by atoms with Crippen LogP contribution in [0.25, 0.3) is 0 Å². The lowest BCUT2D eigenvalue weighted by molar-refractivity contribution is 0.0952. The van der Waals surface area contributed by atoms with Crippen molar-refractivity contribution in [3.05, 3.63) is 44.0 Å². The Morgan fingerprint density at radius 2 is 2.33 bits per heavy atom. The molecular weight excluding hydrogens is 288 g/mol. The van der Waals surface area contributed by atoms with Crippen LogP contribution in [0.5, 0.6) is 0 Å². The number of aromatic nitrogens is 3. The highest BCUT2D eigenvalue weighted by atomic mass is 32.1. The molecule has 0 aliphatic heterocycles. The van der Waals surface area contributed by atoms with E-state index < -0.39 is 0 Å². The molecular formula is C14H16N4O2S. The minimum atomic E-state index is -0.389. The summed E-state index contributed by atoms with van der Waals surface area (Å²) in [6.07, 6.45) is 4.15. The number of carbonyl (C=O) groups excluding carboxylic acids is 1. The quantitative estimate of drug-likeness (QED) is 0.873. The molecule has 1 fully saturated rings. The number of aromatic amines is 1. The second kappa shape index (κ2) is 5.77. The first-order chi connectivity index (χ1) is 10.1. The standard InChI is InChI=1S/C14H16N4O2S/c1-8-7-21-11(17-8)4-5-15-13(19)10-6-16-12(9-2-3-9)18-14(10)20/h6-7,9H,2-5H2,1H3,(H,15,19)(H,16,18,20). The maximum absolute atomic E-state index is 12.0. The Balaban J connectivity index is 1.58. The van der Waals surface area contributed by atoms with E-state index in [4.69, 9.17) is 0 Å². The molecule has 3 rings (SSSR count). The summed E-state index contributed by atoms with van der Waals surface area (Å²) in [5, 5.41) is 5.68. The molecule has 0 aromatic carbocycles. The zero-order chi connectivity index (χ0) is 14.8. The van der Waals surface area contributed by atoms with Gasteiger partial charge in [-0.3, -0.25) is 9.59 Å². The highest BCUT2D eigenvalue weighted by Gasteiger charge is 2.26. The van der Waals surface area contributed by atoms with Gasteiger partial charge in [0.05, 0.1) is 5.01 Å². The molecule has 0 radical (unpaired) electrons. The second-order valence-corrected chi connectivity index (χ2v) is 6.12. The predicted molar refractivity (Wildman–Crippen MR) is 79.7 cm³/mol. The third-order valence-electron chi connectivity index (χ3n) is 3.32. The molecule has 2 N–H and O–H groups in total. The molecule has 1 amide bonds. The molecule has 6 nitrogen and oxygen atoms in total. The molecule has 1 aliphatic carbocycles. The first-order valence-electron chi connectivity index (χ1n) is 6.92. The number of nitrogens with one attached hydrogen (secondary N) is 2. The van der Waals surface area contributed by atoms with Crippen molar-refractivity contribution in [2.24, 2.45) is 0 Å². The molecule has 0 atom stereocenters. The Bertz CT molecular complexity index is 718. The lowest BCUT2D eigenvalue weighted by Crippen LogP contribution is -2.31. The minimum Gasteiger partial charge on any atom is -0.351 e. The van der Waals surface area contributed by atoms with Gasteiger partial charge in [-0.25, -0.2) is 9.97 Å². The molecule has 7 heteroatoms.